The number of anilines is 6. The number of aryl methyl sites for hydroxylation is 1. The Hall–Kier alpha value is -6.63. The second-order valence-corrected chi connectivity index (χ2v) is 22.1. The molecule has 400 valence electrons. The number of piperazine rings is 1. The lowest BCUT2D eigenvalue weighted by atomic mass is 9.85. The van der Waals surface area contributed by atoms with E-state index in [0.29, 0.717) is 35.2 Å². The van der Waals surface area contributed by atoms with Gasteiger partial charge in [0.15, 0.2) is 5.82 Å². The number of unbranched alkanes of at least 4 members (excludes halogenated alkanes) is 6. The van der Waals surface area contributed by atoms with Gasteiger partial charge in [0.05, 0.1) is 58.5 Å². The Labute approximate surface area is 446 Å². The zero-order chi connectivity index (χ0) is 53.4. The number of hydrogen-bond donors (Lipinski definition) is 4. The fraction of sp³-hybridized carbons (Fsp3) is 0.491. The van der Waals surface area contributed by atoms with Crippen LogP contribution < -0.4 is 35.4 Å². The van der Waals surface area contributed by atoms with Crippen molar-refractivity contribution in [2.75, 3.05) is 80.5 Å². The van der Waals surface area contributed by atoms with E-state index in [1.165, 1.54) is 4.90 Å². The number of rotatable bonds is 20. The van der Waals surface area contributed by atoms with E-state index in [1.54, 1.807) is 36.6 Å². The molecule has 0 radical (unpaired) electrons. The van der Waals surface area contributed by atoms with Crippen LogP contribution in [0.4, 0.5) is 34.5 Å². The van der Waals surface area contributed by atoms with E-state index in [9.17, 15) is 24.3 Å². The molecule has 8 rings (SSSR count). The van der Waals surface area contributed by atoms with Crippen molar-refractivity contribution >= 4 is 69.5 Å². The number of nitrogens with zero attached hydrogens (tertiary/aromatic N) is 8. The summed E-state index contributed by atoms with van der Waals surface area (Å²) in [6.07, 6.45) is 8.61. The summed E-state index contributed by atoms with van der Waals surface area (Å²) < 4.78 is 5.84. The molecule has 5 heterocycles. The fourth-order valence-electron chi connectivity index (χ4n) is 10.3. The Bertz CT molecular complexity index is 2790. The molecular formula is C57H75N11O6S. The number of carbonyl (C=O) groups excluding carboxylic acids is 4. The average Bonchev–Trinajstić information content (AvgIpc) is 4.02. The molecule has 4 atom stereocenters. The van der Waals surface area contributed by atoms with Gasteiger partial charge in [-0.1, -0.05) is 89.3 Å². The van der Waals surface area contributed by atoms with Gasteiger partial charge in [0, 0.05) is 71.4 Å². The first-order valence-corrected chi connectivity index (χ1v) is 27.4. The topological polar surface area (TPSA) is 189 Å². The molecule has 18 heteroatoms. The van der Waals surface area contributed by atoms with Gasteiger partial charge in [0.25, 0.3) is 5.91 Å². The zero-order valence-corrected chi connectivity index (χ0v) is 45.7. The number of fused-ring (bicyclic) bond motifs is 2. The highest BCUT2D eigenvalue weighted by Gasteiger charge is 2.45. The Kier molecular flexibility index (Phi) is 17.7. The molecule has 3 aromatic carbocycles. The second kappa shape index (κ2) is 24.4. The molecule has 0 spiro atoms. The highest BCUT2D eigenvalue weighted by molar-refractivity contribution is 7.13. The molecule has 2 aromatic heterocycles. The third kappa shape index (κ3) is 13.1. The van der Waals surface area contributed by atoms with Gasteiger partial charge in [-0.3, -0.25) is 24.1 Å². The molecule has 17 nitrogen and oxygen atoms in total. The Morgan fingerprint density at radius 2 is 1.57 bits per heavy atom. The largest absolute Gasteiger partial charge is 0.494 e. The Morgan fingerprint density at radius 1 is 0.867 bits per heavy atom. The molecule has 75 heavy (non-hydrogen) atoms. The minimum Gasteiger partial charge on any atom is -0.494 e. The monoisotopic (exact) mass is 1040 g/mol. The van der Waals surface area contributed by atoms with Gasteiger partial charge < -0.3 is 45.4 Å². The first kappa shape index (κ1) is 54.6. The first-order chi connectivity index (χ1) is 36.0. The van der Waals surface area contributed by atoms with Crippen LogP contribution in [0, 0.1) is 12.3 Å². The van der Waals surface area contributed by atoms with Crippen molar-refractivity contribution in [1.29, 1.82) is 0 Å². The summed E-state index contributed by atoms with van der Waals surface area (Å²) >= 11 is 1.59. The summed E-state index contributed by atoms with van der Waals surface area (Å²) in [4.78, 5) is 79.1. The number of benzene rings is 3. The second-order valence-electron chi connectivity index (χ2n) is 21.3. The molecule has 5 aromatic rings. The number of amides is 4. The lowest BCUT2D eigenvalue weighted by Crippen LogP contribution is -2.57. The van der Waals surface area contributed by atoms with Crippen LogP contribution >= 0.6 is 11.3 Å². The number of aliphatic hydroxyl groups excluding tert-OH is 1. The molecule has 3 aliphatic rings. The van der Waals surface area contributed by atoms with Crippen molar-refractivity contribution in [1.82, 2.24) is 35.4 Å². The number of methoxy groups -OCH3 is 1. The Morgan fingerprint density at radius 3 is 2.27 bits per heavy atom. The zero-order valence-electron chi connectivity index (χ0n) is 44.9. The SMILES string of the molecule is COc1cc(N2CCN(CCCCCCCCCC(=O)N[C@H](C(=O)N3C[C@H](O)C[C@H]3C(=O)N[C@@H](C)c3ccc(-c4scnc4C)cc3)C(C)(C)C)CC2)ccc1Nc1ncc2c(n1)N(C)c1ccccc1C(=O)N2C. The van der Waals surface area contributed by atoms with Crippen LogP contribution in [-0.2, 0) is 14.4 Å². The summed E-state index contributed by atoms with van der Waals surface area (Å²) in [5.74, 6) is 0.737. The molecule has 0 saturated carbocycles. The molecule has 4 amide bonds. The third-order valence-electron chi connectivity index (χ3n) is 14.8. The van der Waals surface area contributed by atoms with Crippen molar-refractivity contribution in [3.8, 4) is 16.2 Å². The maximum atomic E-state index is 14.1. The van der Waals surface area contributed by atoms with Crippen molar-refractivity contribution in [3.05, 3.63) is 95.3 Å². The molecule has 0 aliphatic carbocycles. The molecule has 2 fully saturated rings. The minimum absolute atomic E-state index is 0.0354. The number of nitrogens with one attached hydrogen (secondary N) is 3. The first-order valence-electron chi connectivity index (χ1n) is 26.5. The number of ether oxygens (including phenoxy) is 1. The standard InChI is InChI=1S/C57H75N11O6S/c1-37(39-21-23-40(24-22-39)50-38(2)59-36-75-50)60-53(71)46-33-42(69)35-68(46)55(73)51(57(3,4)5)62-49(70)20-14-12-10-9-11-13-17-27-66-28-30-67(31-29-66)41-25-26-44(48(32-41)74-8)61-56-58-34-47-52(63-56)64(6)45-19-16-15-18-43(45)54(72)65(47)7/h15-16,18-19,21-26,32,34,36-37,42,46,51,69H,9-14,17,20,27-31,33,35H2,1-8H3,(H,60,71)(H,62,70)(H,58,61,63)/t37-,42+,46-,51+/m0/s1. The summed E-state index contributed by atoms with van der Waals surface area (Å²) in [6.45, 7) is 14.6. The predicted molar refractivity (Wildman–Crippen MR) is 297 cm³/mol. The Balaban J connectivity index is 0.715. The molecular weight excluding hydrogens is 967 g/mol. The van der Waals surface area contributed by atoms with E-state index in [1.807, 2.05) is 107 Å². The number of para-hydroxylation sites is 1. The van der Waals surface area contributed by atoms with Gasteiger partial charge >= 0.3 is 0 Å². The van der Waals surface area contributed by atoms with E-state index in [2.05, 4.69) is 47.9 Å². The quantitative estimate of drug-likeness (QED) is 0.0543. The van der Waals surface area contributed by atoms with Gasteiger partial charge in [0.2, 0.25) is 23.7 Å². The van der Waals surface area contributed by atoms with Crippen LogP contribution in [-0.4, -0.2) is 132 Å². The van der Waals surface area contributed by atoms with Crippen LogP contribution in [0.3, 0.4) is 0 Å². The van der Waals surface area contributed by atoms with Crippen molar-refractivity contribution in [2.24, 2.45) is 5.41 Å². The smallest absolute Gasteiger partial charge is 0.260 e. The summed E-state index contributed by atoms with van der Waals surface area (Å²) in [6, 6.07) is 19.7. The molecule has 3 aliphatic heterocycles. The van der Waals surface area contributed by atoms with Gasteiger partial charge in [-0.15, -0.1) is 11.3 Å². The number of carbonyl (C=O) groups is 4. The van der Waals surface area contributed by atoms with Crippen LogP contribution in [0.2, 0.25) is 0 Å². The van der Waals surface area contributed by atoms with Crippen LogP contribution in [0.1, 0.15) is 113 Å². The van der Waals surface area contributed by atoms with E-state index in [4.69, 9.17) is 9.72 Å². The van der Waals surface area contributed by atoms with E-state index in [-0.39, 0.29) is 42.6 Å². The maximum absolute atomic E-state index is 14.1. The van der Waals surface area contributed by atoms with Crippen LogP contribution in [0.5, 0.6) is 5.75 Å². The van der Waals surface area contributed by atoms with E-state index < -0.39 is 23.6 Å². The van der Waals surface area contributed by atoms with Gasteiger partial charge in [-0.05, 0) is 74.0 Å². The summed E-state index contributed by atoms with van der Waals surface area (Å²) in [5.41, 5.74) is 8.03. The number of likely N-dealkylation sites (tertiary alicyclic amines) is 1. The fourth-order valence-corrected chi connectivity index (χ4v) is 11.2. The normalized spacial score (nSPS) is 17.7. The predicted octanol–water partition coefficient (Wildman–Crippen LogP) is 8.63. The van der Waals surface area contributed by atoms with Crippen molar-refractivity contribution in [3.63, 3.8) is 0 Å². The molecule has 0 bridgehead atoms. The van der Waals surface area contributed by atoms with E-state index >= 15 is 0 Å². The summed E-state index contributed by atoms with van der Waals surface area (Å²) in [7, 11) is 5.31. The maximum Gasteiger partial charge on any atom is 0.260 e. The van der Waals surface area contributed by atoms with Gasteiger partial charge in [-0.2, -0.15) is 4.98 Å². The van der Waals surface area contributed by atoms with Crippen molar-refractivity contribution < 1.29 is 29.0 Å². The summed E-state index contributed by atoms with van der Waals surface area (Å²) in [5, 5.41) is 20.1. The number of aliphatic hydroxyl groups is 1. The van der Waals surface area contributed by atoms with Gasteiger partial charge in [0.1, 0.15) is 23.5 Å². The van der Waals surface area contributed by atoms with Crippen LogP contribution in [0.25, 0.3) is 10.4 Å². The van der Waals surface area contributed by atoms with E-state index in [0.717, 1.165) is 116 Å². The highest BCUT2D eigenvalue weighted by Crippen LogP contribution is 2.39. The number of aromatic nitrogens is 3. The molecule has 2 saturated heterocycles. The average molecular weight is 1040 g/mol. The third-order valence-corrected chi connectivity index (χ3v) is 15.8. The lowest BCUT2D eigenvalue weighted by molar-refractivity contribution is -0.144. The lowest BCUT2D eigenvalue weighted by Gasteiger charge is -2.36. The van der Waals surface area contributed by atoms with Crippen LogP contribution in [0.15, 0.2) is 78.4 Å². The number of β-amino-alcohol motifs (C(OH)–C–C–N with tert-alkyl or cyclic N) is 1. The number of hydrogen-bond acceptors (Lipinski definition) is 14. The van der Waals surface area contributed by atoms with Gasteiger partial charge in [-0.25, -0.2) is 9.97 Å². The highest BCUT2D eigenvalue weighted by atomic mass is 32.1. The molecule has 4 N–H and O–H groups in total. The number of thiazole rings is 1. The molecule has 0 unspecified atom stereocenters. The van der Waals surface area contributed by atoms with Crippen molar-refractivity contribution in [2.45, 2.75) is 117 Å². The minimum atomic E-state index is -0.846.